The number of carbonyl (C=O) groups excluding carboxylic acids is 2. The minimum Gasteiger partial charge on any atom is -0.378 e. The van der Waals surface area contributed by atoms with Gasteiger partial charge in [-0.1, -0.05) is 26.2 Å². The van der Waals surface area contributed by atoms with Crippen molar-refractivity contribution in [2.24, 2.45) is 5.92 Å². The Balaban J connectivity index is 1.97. The molecule has 1 aromatic rings. The number of nitrogens with one attached hydrogen (secondary N) is 2. The summed E-state index contributed by atoms with van der Waals surface area (Å²) in [7, 11) is 0. The lowest BCUT2D eigenvalue weighted by Gasteiger charge is -2.28. The number of aromatic nitrogens is 2. The van der Waals surface area contributed by atoms with Crippen LogP contribution in [0.25, 0.3) is 0 Å². The average Bonchev–Trinajstić information content (AvgIpc) is 2.72. The van der Waals surface area contributed by atoms with Crippen molar-refractivity contribution in [3.63, 3.8) is 0 Å². The van der Waals surface area contributed by atoms with Crippen LogP contribution < -0.4 is 15.8 Å². The fourth-order valence-corrected chi connectivity index (χ4v) is 2.85. The van der Waals surface area contributed by atoms with Gasteiger partial charge in [-0.15, -0.1) is 0 Å². The van der Waals surface area contributed by atoms with E-state index in [0.29, 0.717) is 37.8 Å². The molecule has 0 spiro atoms. The lowest BCUT2D eigenvalue weighted by Crippen LogP contribution is -2.41. The first-order chi connectivity index (χ1) is 13.5. The van der Waals surface area contributed by atoms with Gasteiger partial charge in [0.1, 0.15) is 0 Å². The van der Waals surface area contributed by atoms with Gasteiger partial charge in [0.2, 0.25) is 18.3 Å². The van der Waals surface area contributed by atoms with Gasteiger partial charge in [-0.3, -0.25) is 25.6 Å². The summed E-state index contributed by atoms with van der Waals surface area (Å²) >= 11 is 0. The van der Waals surface area contributed by atoms with Crippen LogP contribution in [0.3, 0.4) is 0 Å². The van der Waals surface area contributed by atoms with E-state index in [-0.39, 0.29) is 24.7 Å². The quantitative estimate of drug-likeness (QED) is 0.218. The van der Waals surface area contributed by atoms with Gasteiger partial charge >= 0.3 is 0 Å². The number of nitrogens with zero attached hydrogens (tertiary/aromatic N) is 4. The Morgan fingerprint density at radius 3 is 2.89 bits per heavy atom. The summed E-state index contributed by atoms with van der Waals surface area (Å²) in [5, 5.41) is 9.86. The maximum absolute atomic E-state index is 14.0. The highest BCUT2D eigenvalue weighted by atomic mass is 19.1. The summed E-state index contributed by atoms with van der Waals surface area (Å²) in [6.07, 6.45) is 4.51. The standard InChI is InChI=1S/C17H27FN6O4/c1-2-3-4-5-13(11-24(27)12-25)16(26)21-22-17-19-10-14(18)15(20-17)23-6-8-28-9-7-23/h10,12-13,27H,2-9,11H2,1H3,(H,21,26)(H,19,20,22). The van der Waals surface area contributed by atoms with Crippen molar-refractivity contribution >= 4 is 24.1 Å². The molecule has 28 heavy (non-hydrogen) atoms. The first-order valence-corrected chi connectivity index (χ1v) is 9.37. The van der Waals surface area contributed by atoms with Crippen LogP contribution in [0.1, 0.15) is 32.6 Å². The van der Waals surface area contributed by atoms with Crippen LogP contribution in [0.5, 0.6) is 0 Å². The zero-order valence-electron chi connectivity index (χ0n) is 15.9. The number of hydrogen-bond acceptors (Lipinski definition) is 8. The Bertz CT molecular complexity index is 644. The second kappa shape index (κ2) is 11.3. The molecule has 1 atom stereocenters. The summed E-state index contributed by atoms with van der Waals surface area (Å²) in [6.45, 7) is 3.91. The van der Waals surface area contributed by atoms with Crippen molar-refractivity contribution in [3.05, 3.63) is 12.0 Å². The number of morpholine rings is 1. The SMILES string of the molecule is CCCCCC(CN(O)C=O)C(=O)NNc1ncc(F)c(N2CCOCC2)n1. The van der Waals surface area contributed by atoms with E-state index >= 15 is 0 Å². The van der Waals surface area contributed by atoms with Crippen LogP contribution in [-0.2, 0) is 14.3 Å². The van der Waals surface area contributed by atoms with E-state index in [1.165, 1.54) is 0 Å². The zero-order valence-corrected chi connectivity index (χ0v) is 15.9. The van der Waals surface area contributed by atoms with E-state index < -0.39 is 17.6 Å². The van der Waals surface area contributed by atoms with E-state index in [2.05, 4.69) is 20.8 Å². The number of ether oxygens (including phenoxy) is 1. The van der Waals surface area contributed by atoms with E-state index in [1.54, 1.807) is 4.90 Å². The predicted octanol–water partition coefficient (Wildman–Crippen LogP) is 0.940. The third kappa shape index (κ3) is 6.57. The number of hydrogen-bond donors (Lipinski definition) is 3. The maximum atomic E-state index is 14.0. The Hall–Kier alpha value is -2.53. The summed E-state index contributed by atoms with van der Waals surface area (Å²) in [5.41, 5.74) is 5.05. The van der Waals surface area contributed by atoms with Crippen molar-refractivity contribution in [1.82, 2.24) is 20.5 Å². The first-order valence-electron chi connectivity index (χ1n) is 9.37. The average molecular weight is 398 g/mol. The second-order valence-electron chi connectivity index (χ2n) is 6.50. The smallest absolute Gasteiger partial charge is 0.243 e. The number of halogens is 1. The molecule has 0 bridgehead atoms. The first kappa shape index (κ1) is 21.8. The predicted molar refractivity (Wildman–Crippen MR) is 99.0 cm³/mol. The molecule has 11 heteroatoms. The Morgan fingerprint density at radius 1 is 1.46 bits per heavy atom. The molecule has 1 fully saturated rings. The Kier molecular flexibility index (Phi) is 8.82. The highest BCUT2D eigenvalue weighted by Gasteiger charge is 2.22. The van der Waals surface area contributed by atoms with Gasteiger partial charge in [0.15, 0.2) is 11.6 Å². The second-order valence-corrected chi connectivity index (χ2v) is 6.50. The molecule has 0 saturated carbocycles. The maximum Gasteiger partial charge on any atom is 0.243 e. The molecule has 10 nitrogen and oxygen atoms in total. The summed E-state index contributed by atoms with van der Waals surface area (Å²) in [5.74, 6) is -1.40. The molecular weight excluding hydrogens is 371 g/mol. The number of unbranched alkanes of at least 4 members (excludes halogenated alkanes) is 2. The van der Waals surface area contributed by atoms with Gasteiger partial charge in [0.05, 0.1) is 31.9 Å². The number of amides is 2. The van der Waals surface area contributed by atoms with Gasteiger partial charge in [-0.25, -0.2) is 14.4 Å². The van der Waals surface area contributed by atoms with Crippen LogP contribution in [-0.4, -0.2) is 65.4 Å². The molecule has 1 saturated heterocycles. The minimum absolute atomic E-state index is 0.0415. The van der Waals surface area contributed by atoms with Crippen LogP contribution in [0.2, 0.25) is 0 Å². The van der Waals surface area contributed by atoms with Gasteiger partial charge in [-0.2, -0.15) is 4.98 Å². The van der Waals surface area contributed by atoms with Crippen LogP contribution >= 0.6 is 0 Å². The van der Waals surface area contributed by atoms with Crippen molar-refractivity contribution in [2.45, 2.75) is 32.6 Å². The van der Waals surface area contributed by atoms with Gasteiger partial charge < -0.3 is 9.64 Å². The molecule has 3 N–H and O–H groups in total. The van der Waals surface area contributed by atoms with E-state index in [0.717, 1.165) is 25.5 Å². The highest BCUT2D eigenvalue weighted by Crippen LogP contribution is 2.18. The molecule has 2 heterocycles. The van der Waals surface area contributed by atoms with E-state index in [1.807, 2.05) is 6.92 Å². The Morgan fingerprint density at radius 2 is 2.21 bits per heavy atom. The topological polar surface area (TPSA) is 120 Å². The molecule has 1 unspecified atom stereocenters. The fourth-order valence-electron chi connectivity index (χ4n) is 2.85. The number of carbonyl (C=O) groups is 2. The molecule has 1 aromatic heterocycles. The van der Waals surface area contributed by atoms with Crippen LogP contribution in [0.15, 0.2) is 6.20 Å². The lowest BCUT2D eigenvalue weighted by molar-refractivity contribution is -0.154. The van der Waals surface area contributed by atoms with Gasteiger partial charge in [0.25, 0.3) is 0 Å². The van der Waals surface area contributed by atoms with E-state index in [9.17, 15) is 19.2 Å². The number of rotatable bonds is 11. The highest BCUT2D eigenvalue weighted by molar-refractivity contribution is 5.80. The van der Waals surface area contributed by atoms with Crippen molar-refractivity contribution < 1.29 is 23.9 Å². The zero-order chi connectivity index (χ0) is 20.4. The summed E-state index contributed by atoms with van der Waals surface area (Å²) in [6, 6.07) is 0. The summed E-state index contributed by atoms with van der Waals surface area (Å²) in [4.78, 5) is 32.8. The third-order valence-electron chi connectivity index (χ3n) is 4.39. The molecule has 156 valence electrons. The molecule has 2 rings (SSSR count). The number of hydrazine groups is 1. The molecular formula is C17H27FN6O4. The van der Waals surface area contributed by atoms with Crippen molar-refractivity contribution in [2.75, 3.05) is 43.2 Å². The van der Waals surface area contributed by atoms with Crippen molar-refractivity contribution in [3.8, 4) is 0 Å². The fraction of sp³-hybridized carbons (Fsp3) is 0.647. The number of hydroxylamine groups is 2. The molecule has 0 radical (unpaired) electrons. The van der Waals surface area contributed by atoms with Crippen LogP contribution in [0, 0.1) is 11.7 Å². The van der Waals surface area contributed by atoms with E-state index in [4.69, 9.17) is 4.74 Å². The molecule has 0 aromatic carbocycles. The molecule has 0 aliphatic carbocycles. The number of anilines is 2. The monoisotopic (exact) mass is 398 g/mol. The molecule has 2 amide bonds. The molecule has 1 aliphatic rings. The third-order valence-corrected chi connectivity index (χ3v) is 4.39. The lowest BCUT2D eigenvalue weighted by atomic mass is 10.0. The molecule has 1 aliphatic heterocycles. The van der Waals surface area contributed by atoms with Gasteiger partial charge in [-0.05, 0) is 6.42 Å². The largest absolute Gasteiger partial charge is 0.378 e. The normalized spacial score (nSPS) is 15.0. The van der Waals surface area contributed by atoms with Gasteiger partial charge in [0, 0.05) is 13.1 Å². The van der Waals surface area contributed by atoms with Crippen LogP contribution in [0.4, 0.5) is 16.2 Å². The van der Waals surface area contributed by atoms with Crippen molar-refractivity contribution in [1.29, 1.82) is 0 Å². The Labute approximate surface area is 163 Å². The minimum atomic E-state index is -0.603. The summed E-state index contributed by atoms with van der Waals surface area (Å²) < 4.78 is 19.3.